The Labute approximate surface area is 161 Å². The fraction of sp³-hybridized carbons (Fsp3) is 0.263. The summed E-state index contributed by atoms with van der Waals surface area (Å²) in [5.41, 5.74) is 0.692. The van der Waals surface area contributed by atoms with Crippen molar-refractivity contribution < 1.29 is 23.8 Å². The zero-order valence-electron chi connectivity index (χ0n) is 14.7. The van der Waals surface area contributed by atoms with Gasteiger partial charge in [-0.15, -0.1) is 0 Å². The number of carbonyl (C=O) groups excluding carboxylic acids is 2. The first-order valence-corrected chi connectivity index (χ1v) is 8.71. The van der Waals surface area contributed by atoms with E-state index in [0.29, 0.717) is 28.8 Å². The van der Waals surface area contributed by atoms with Gasteiger partial charge in [0, 0.05) is 10.7 Å². The number of ether oxygens (including phenoxy) is 3. The zero-order chi connectivity index (χ0) is 19.2. The third-order valence-electron chi connectivity index (χ3n) is 3.97. The minimum atomic E-state index is -0.457. The van der Waals surface area contributed by atoms with Crippen LogP contribution in [0, 0.1) is 0 Å². The van der Waals surface area contributed by atoms with Crippen molar-refractivity contribution in [1.29, 1.82) is 0 Å². The quantitative estimate of drug-likeness (QED) is 0.786. The number of hydrogen-bond donors (Lipinski definition) is 1. The molecule has 1 aliphatic rings. The molecule has 1 heterocycles. The molecule has 1 N–H and O–H groups in total. The van der Waals surface area contributed by atoms with Crippen LogP contribution in [-0.4, -0.2) is 44.9 Å². The van der Waals surface area contributed by atoms with Gasteiger partial charge in [0.05, 0.1) is 20.2 Å². The van der Waals surface area contributed by atoms with Crippen LogP contribution in [0.25, 0.3) is 0 Å². The number of nitrogens with zero attached hydrogens (tertiary/aromatic N) is 1. The smallest absolute Gasteiger partial charge is 0.414 e. The minimum Gasteiger partial charge on any atom is -0.493 e. The summed E-state index contributed by atoms with van der Waals surface area (Å²) >= 11 is 5.86. The molecular weight excluding hydrogens is 372 g/mol. The first-order chi connectivity index (χ1) is 13.1. The highest BCUT2D eigenvalue weighted by Crippen LogP contribution is 2.25. The van der Waals surface area contributed by atoms with Crippen molar-refractivity contribution in [2.45, 2.75) is 6.10 Å². The van der Waals surface area contributed by atoms with Gasteiger partial charge in [-0.1, -0.05) is 23.7 Å². The van der Waals surface area contributed by atoms with Gasteiger partial charge < -0.3 is 19.5 Å². The SMILES string of the molecule is COc1ccccc1OCC(=O)NCC1CN(c2ccc(Cl)cc2)C(=O)O1. The van der Waals surface area contributed by atoms with Crippen LogP contribution in [0.1, 0.15) is 0 Å². The number of para-hydroxylation sites is 2. The van der Waals surface area contributed by atoms with E-state index in [4.69, 9.17) is 25.8 Å². The maximum atomic E-state index is 12.0. The standard InChI is InChI=1S/C19H19ClN2O5/c1-25-16-4-2-3-5-17(16)26-12-18(23)21-10-15-11-22(19(24)27-15)14-8-6-13(20)7-9-14/h2-9,15H,10-12H2,1H3,(H,21,23). The van der Waals surface area contributed by atoms with Crippen LogP contribution in [0.3, 0.4) is 0 Å². The van der Waals surface area contributed by atoms with E-state index in [1.807, 2.05) is 6.07 Å². The number of carbonyl (C=O) groups is 2. The topological polar surface area (TPSA) is 77.1 Å². The number of anilines is 1. The van der Waals surface area contributed by atoms with E-state index in [-0.39, 0.29) is 19.1 Å². The van der Waals surface area contributed by atoms with Crippen molar-refractivity contribution in [3.8, 4) is 11.5 Å². The van der Waals surface area contributed by atoms with Crippen LogP contribution >= 0.6 is 11.6 Å². The summed E-state index contributed by atoms with van der Waals surface area (Å²) in [4.78, 5) is 25.5. The van der Waals surface area contributed by atoms with E-state index < -0.39 is 12.2 Å². The van der Waals surface area contributed by atoms with E-state index in [9.17, 15) is 9.59 Å². The molecule has 1 aliphatic heterocycles. The van der Waals surface area contributed by atoms with Crippen molar-refractivity contribution in [2.24, 2.45) is 0 Å². The number of benzene rings is 2. The van der Waals surface area contributed by atoms with Crippen molar-refractivity contribution in [1.82, 2.24) is 5.32 Å². The van der Waals surface area contributed by atoms with Crippen LogP contribution in [0.5, 0.6) is 11.5 Å². The number of methoxy groups -OCH3 is 1. The molecule has 7 nitrogen and oxygen atoms in total. The Kier molecular flexibility index (Phi) is 6.03. The minimum absolute atomic E-state index is 0.165. The van der Waals surface area contributed by atoms with E-state index in [1.54, 1.807) is 42.5 Å². The van der Waals surface area contributed by atoms with Crippen LogP contribution in [-0.2, 0) is 9.53 Å². The third-order valence-corrected chi connectivity index (χ3v) is 4.22. The number of halogens is 1. The average Bonchev–Trinajstić information content (AvgIpc) is 3.06. The lowest BCUT2D eigenvalue weighted by Gasteiger charge is -2.13. The van der Waals surface area contributed by atoms with Gasteiger partial charge in [-0.3, -0.25) is 9.69 Å². The molecule has 0 aliphatic carbocycles. The molecule has 0 spiro atoms. The summed E-state index contributed by atoms with van der Waals surface area (Å²) in [6, 6.07) is 14.0. The lowest BCUT2D eigenvalue weighted by atomic mass is 10.2. The van der Waals surface area contributed by atoms with Gasteiger partial charge in [-0.2, -0.15) is 0 Å². The average molecular weight is 391 g/mol. The summed E-state index contributed by atoms with van der Waals surface area (Å²) in [7, 11) is 1.53. The predicted octanol–water partition coefficient (Wildman–Crippen LogP) is 2.87. The van der Waals surface area contributed by atoms with E-state index in [2.05, 4.69) is 5.32 Å². The number of hydrogen-bond acceptors (Lipinski definition) is 5. The summed E-state index contributed by atoms with van der Waals surface area (Å²) in [6.45, 7) is 0.375. The van der Waals surface area contributed by atoms with Crippen molar-refractivity contribution >= 4 is 29.3 Å². The Morgan fingerprint density at radius 2 is 1.93 bits per heavy atom. The molecule has 0 aromatic heterocycles. The molecule has 2 amide bonds. The number of rotatable bonds is 7. The summed E-state index contributed by atoms with van der Waals surface area (Å²) in [6.07, 6.45) is -0.898. The van der Waals surface area contributed by atoms with Crippen molar-refractivity contribution in [2.75, 3.05) is 31.7 Å². The highest BCUT2D eigenvalue weighted by Gasteiger charge is 2.32. The maximum absolute atomic E-state index is 12.0. The van der Waals surface area contributed by atoms with E-state index in [1.165, 1.54) is 12.0 Å². The molecule has 142 valence electrons. The van der Waals surface area contributed by atoms with Gasteiger partial charge in [-0.05, 0) is 36.4 Å². The van der Waals surface area contributed by atoms with Crippen LogP contribution in [0.2, 0.25) is 5.02 Å². The molecule has 3 rings (SSSR count). The molecule has 1 atom stereocenters. The van der Waals surface area contributed by atoms with E-state index in [0.717, 1.165) is 0 Å². The Balaban J connectivity index is 1.46. The van der Waals surface area contributed by atoms with Crippen molar-refractivity contribution in [3.63, 3.8) is 0 Å². The zero-order valence-corrected chi connectivity index (χ0v) is 15.4. The number of cyclic esters (lactones) is 1. The second-order valence-corrected chi connectivity index (χ2v) is 6.27. The maximum Gasteiger partial charge on any atom is 0.414 e. The summed E-state index contributed by atoms with van der Waals surface area (Å²) in [5, 5.41) is 3.29. The first kappa shape index (κ1) is 18.8. The Bertz CT molecular complexity index is 812. The van der Waals surface area contributed by atoms with Gasteiger partial charge in [0.1, 0.15) is 6.10 Å². The first-order valence-electron chi connectivity index (χ1n) is 8.33. The normalized spacial score (nSPS) is 16.0. The third kappa shape index (κ3) is 4.83. The van der Waals surface area contributed by atoms with Crippen LogP contribution in [0.15, 0.2) is 48.5 Å². The molecule has 1 unspecified atom stereocenters. The lowest BCUT2D eigenvalue weighted by Crippen LogP contribution is -2.37. The van der Waals surface area contributed by atoms with Crippen LogP contribution < -0.4 is 19.7 Å². The summed E-state index contributed by atoms with van der Waals surface area (Å²) < 4.78 is 15.9. The second kappa shape index (κ2) is 8.64. The monoisotopic (exact) mass is 390 g/mol. The fourth-order valence-corrected chi connectivity index (χ4v) is 2.75. The molecule has 27 heavy (non-hydrogen) atoms. The molecule has 1 saturated heterocycles. The molecule has 0 radical (unpaired) electrons. The second-order valence-electron chi connectivity index (χ2n) is 5.84. The van der Waals surface area contributed by atoms with Gasteiger partial charge >= 0.3 is 6.09 Å². The van der Waals surface area contributed by atoms with Gasteiger partial charge in [0.15, 0.2) is 18.1 Å². The molecule has 0 saturated carbocycles. The van der Waals surface area contributed by atoms with Crippen molar-refractivity contribution in [3.05, 3.63) is 53.6 Å². The Morgan fingerprint density at radius 3 is 2.63 bits per heavy atom. The molecular formula is C19H19ClN2O5. The molecule has 1 fully saturated rings. The Morgan fingerprint density at radius 1 is 1.22 bits per heavy atom. The Hall–Kier alpha value is -2.93. The molecule has 8 heteroatoms. The fourth-order valence-electron chi connectivity index (χ4n) is 2.62. The molecule has 0 bridgehead atoms. The lowest BCUT2D eigenvalue weighted by molar-refractivity contribution is -0.123. The summed E-state index contributed by atoms with van der Waals surface area (Å²) in [5.74, 6) is 0.715. The van der Waals surface area contributed by atoms with E-state index >= 15 is 0 Å². The van der Waals surface area contributed by atoms with Gasteiger partial charge in [0.25, 0.3) is 5.91 Å². The van der Waals surface area contributed by atoms with Crippen LogP contribution in [0.4, 0.5) is 10.5 Å². The van der Waals surface area contributed by atoms with Gasteiger partial charge in [0.2, 0.25) is 0 Å². The molecule has 2 aromatic carbocycles. The highest BCUT2D eigenvalue weighted by atomic mass is 35.5. The largest absolute Gasteiger partial charge is 0.493 e. The molecule has 2 aromatic rings. The number of nitrogens with one attached hydrogen (secondary N) is 1. The highest BCUT2D eigenvalue weighted by molar-refractivity contribution is 6.30. The van der Waals surface area contributed by atoms with Gasteiger partial charge in [-0.25, -0.2) is 4.79 Å². The predicted molar refractivity (Wildman–Crippen MR) is 101 cm³/mol. The number of amides is 2.